The molecule has 1 N–H and O–H groups in total. The Hall–Kier alpha value is -0.290. The van der Waals surface area contributed by atoms with Crippen LogP contribution in [0.25, 0.3) is 0 Å². The molecule has 1 rings (SSSR count). The third kappa shape index (κ3) is 7.82. The molecule has 0 saturated heterocycles. The Morgan fingerprint density at radius 2 is 2.14 bits per heavy atom. The van der Waals surface area contributed by atoms with Crippen molar-refractivity contribution in [2.45, 2.75) is 13.5 Å². The van der Waals surface area contributed by atoms with Crippen molar-refractivity contribution in [2.75, 3.05) is 32.1 Å². The first-order valence-electron chi connectivity index (χ1n) is 6.71. The van der Waals surface area contributed by atoms with Gasteiger partial charge in [0.2, 0.25) is 0 Å². The first-order chi connectivity index (χ1) is 9.73. The van der Waals surface area contributed by atoms with Crippen LogP contribution in [0.1, 0.15) is 12.6 Å². The van der Waals surface area contributed by atoms with E-state index in [4.69, 9.17) is 0 Å². The van der Waals surface area contributed by atoms with Gasteiger partial charge in [0.15, 0.2) is 5.96 Å². The number of halogens is 2. The summed E-state index contributed by atoms with van der Waals surface area (Å²) >= 11 is 3.45. The smallest absolute Gasteiger partial charge is 0.194 e. The van der Waals surface area contributed by atoms with E-state index in [0.29, 0.717) is 12.5 Å². The molecular formula is C13H24BrIN4O2S. The molecule has 0 unspecified atom stereocenters. The van der Waals surface area contributed by atoms with Crippen LogP contribution in [-0.2, 0) is 23.4 Å². The Balaban J connectivity index is 0.00000441. The number of aryl methyl sites for hydroxylation is 1. The molecule has 0 bridgehead atoms. The monoisotopic (exact) mass is 506 g/mol. The summed E-state index contributed by atoms with van der Waals surface area (Å²) in [6.07, 6.45) is 3.22. The van der Waals surface area contributed by atoms with Crippen LogP contribution >= 0.6 is 39.9 Å². The van der Waals surface area contributed by atoms with Crippen LogP contribution in [0.2, 0.25) is 0 Å². The fourth-order valence-corrected chi connectivity index (χ4v) is 2.82. The average molecular weight is 507 g/mol. The van der Waals surface area contributed by atoms with Crippen molar-refractivity contribution in [3.63, 3.8) is 0 Å². The second-order valence-corrected chi connectivity index (χ2v) is 8.16. The second-order valence-electron chi connectivity index (χ2n) is 4.98. The molecule has 128 valence electrons. The topological polar surface area (TPSA) is 66.7 Å². The number of aromatic nitrogens is 1. The highest BCUT2D eigenvalue weighted by atomic mass is 127. The molecule has 0 fully saturated rings. The zero-order chi connectivity index (χ0) is 16.0. The maximum atomic E-state index is 11.2. The molecule has 0 aliphatic rings. The molecule has 0 aromatic carbocycles. The van der Waals surface area contributed by atoms with Crippen LogP contribution in [0.15, 0.2) is 21.7 Å². The van der Waals surface area contributed by atoms with Crippen molar-refractivity contribution in [1.82, 2.24) is 14.8 Å². The van der Waals surface area contributed by atoms with E-state index in [1.165, 1.54) is 6.26 Å². The van der Waals surface area contributed by atoms with E-state index in [9.17, 15) is 8.42 Å². The number of nitrogens with zero attached hydrogens (tertiary/aromatic N) is 3. The minimum Gasteiger partial charge on any atom is -0.357 e. The lowest BCUT2D eigenvalue weighted by Gasteiger charge is -2.22. The van der Waals surface area contributed by atoms with Crippen LogP contribution in [0.4, 0.5) is 0 Å². The minimum atomic E-state index is -2.99. The summed E-state index contributed by atoms with van der Waals surface area (Å²) < 4.78 is 25.4. The standard InChI is InChI=1S/C13H23BrN4O2S.HI/c1-5-15-13(16-6-7-21(4,19)20)18(3)10-12-8-11(14)9-17(12)2;/h8-9H,5-7,10H2,1-4H3,(H,15,16);1H. The number of rotatable bonds is 6. The highest BCUT2D eigenvalue weighted by molar-refractivity contribution is 14.0. The number of hydrogen-bond acceptors (Lipinski definition) is 3. The molecule has 9 heteroatoms. The zero-order valence-electron chi connectivity index (χ0n) is 13.3. The Bertz CT molecular complexity index is 601. The van der Waals surface area contributed by atoms with E-state index in [-0.39, 0.29) is 36.3 Å². The number of guanidine groups is 1. The first-order valence-corrected chi connectivity index (χ1v) is 9.56. The van der Waals surface area contributed by atoms with Gasteiger partial charge in [-0.25, -0.2) is 8.42 Å². The van der Waals surface area contributed by atoms with Gasteiger partial charge in [-0.3, -0.25) is 4.99 Å². The molecule has 0 aliphatic carbocycles. The van der Waals surface area contributed by atoms with E-state index in [2.05, 4.69) is 32.3 Å². The summed E-state index contributed by atoms with van der Waals surface area (Å²) in [6, 6.07) is 2.05. The van der Waals surface area contributed by atoms with Crippen LogP contribution in [-0.4, -0.2) is 56.0 Å². The summed E-state index contributed by atoms with van der Waals surface area (Å²) in [5.74, 6) is 0.768. The van der Waals surface area contributed by atoms with E-state index < -0.39 is 9.84 Å². The number of hydrogen-bond donors (Lipinski definition) is 1. The molecule has 1 aromatic heterocycles. The Morgan fingerprint density at radius 3 is 2.59 bits per heavy atom. The van der Waals surface area contributed by atoms with Gasteiger partial charge >= 0.3 is 0 Å². The van der Waals surface area contributed by atoms with Crippen LogP contribution in [0.5, 0.6) is 0 Å². The largest absolute Gasteiger partial charge is 0.357 e. The van der Waals surface area contributed by atoms with Gasteiger partial charge in [-0.1, -0.05) is 0 Å². The summed E-state index contributed by atoms with van der Waals surface area (Å²) in [6.45, 7) is 3.67. The maximum Gasteiger partial charge on any atom is 0.194 e. The van der Waals surface area contributed by atoms with E-state index in [1.54, 1.807) is 0 Å². The van der Waals surface area contributed by atoms with Gasteiger partial charge in [-0.05, 0) is 28.9 Å². The molecule has 0 saturated carbocycles. The van der Waals surface area contributed by atoms with Gasteiger partial charge in [-0.15, -0.1) is 24.0 Å². The first kappa shape index (κ1) is 21.7. The number of aliphatic imine (C=N–C) groups is 1. The molecule has 0 aliphatic heterocycles. The van der Waals surface area contributed by atoms with Crippen molar-refractivity contribution in [2.24, 2.45) is 12.0 Å². The lowest BCUT2D eigenvalue weighted by atomic mass is 10.4. The molecular weight excluding hydrogens is 483 g/mol. The van der Waals surface area contributed by atoms with E-state index in [1.807, 2.05) is 36.7 Å². The number of sulfone groups is 1. The third-order valence-corrected chi connectivity index (χ3v) is 4.25. The normalized spacial score (nSPS) is 12.0. The molecule has 0 amide bonds. The molecule has 0 atom stereocenters. The highest BCUT2D eigenvalue weighted by Crippen LogP contribution is 2.14. The molecule has 0 spiro atoms. The van der Waals surface area contributed by atoms with Crippen LogP contribution in [0, 0.1) is 0 Å². The predicted molar refractivity (Wildman–Crippen MR) is 106 cm³/mol. The van der Waals surface area contributed by atoms with Crippen molar-refractivity contribution < 1.29 is 8.42 Å². The van der Waals surface area contributed by atoms with Gasteiger partial charge in [-0.2, -0.15) is 0 Å². The van der Waals surface area contributed by atoms with Gasteiger partial charge < -0.3 is 14.8 Å². The lowest BCUT2D eigenvalue weighted by molar-refractivity contribution is 0.462. The summed E-state index contributed by atoms with van der Waals surface area (Å²) in [5, 5.41) is 3.18. The van der Waals surface area contributed by atoms with Crippen molar-refractivity contribution in [1.29, 1.82) is 0 Å². The molecule has 0 radical (unpaired) electrons. The fourth-order valence-electron chi connectivity index (χ4n) is 1.83. The van der Waals surface area contributed by atoms with Gasteiger partial charge in [0, 0.05) is 43.3 Å². The Labute approximate surface area is 158 Å². The molecule has 1 aromatic rings. The van der Waals surface area contributed by atoms with Crippen LogP contribution in [0.3, 0.4) is 0 Å². The average Bonchev–Trinajstić information content (AvgIpc) is 2.65. The van der Waals surface area contributed by atoms with Gasteiger partial charge in [0.05, 0.1) is 18.8 Å². The summed E-state index contributed by atoms with van der Waals surface area (Å²) in [4.78, 5) is 6.34. The van der Waals surface area contributed by atoms with Gasteiger partial charge in [0.1, 0.15) is 9.84 Å². The summed E-state index contributed by atoms with van der Waals surface area (Å²) in [7, 11) is 0.935. The summed E-state index contributed by atoms with van der Waals surface area (Å²) in [5.41, 5.74) is 1.14. The molecule has 6 nitrogen and oxygen atoms in total. The van der Waals surface area contributed by atoms with Crippen LogP contribution < -0.4 is 5.32 Å². The Kier molecular flexibility index (Phi) is 9.63. The second kappa shape index (κ2) is 9.76. The van der Waals surface area contributed by atoms with Crippen molar-refractivity contribution in [3.8, 4) is 0 Å². The van der Waals surface area contributed by atoms with Crippen molar-refractivity contribution >= 4 is 55.7 Å². The predicted octanol–water partition coefficient (Wildman–Crippen LogP) is 1.85. The molecule has 1 heterocycles. The SMILES string of the molecule is CCNC(=NCCS(C)(=O)=O)N(C)Cc1cc(Br)cn1C.I. The minimum absolute atomic E-state index is 0. The maximum absolute atomic E-state index is 11.2. The lowest BCUT2D eigenvalue weighted by Crippen LogP contribution is -2.39. The number of nitrogens with one attached hydrogen (secondary N) is 1. The van der Waals surface area contributed by atoms with E-state index in [0.717, 1.165) is 16.7 Å². The van der Waals surface area contributed by atoms with Gasteiger partial charge in [0.25, 0.3) is 0 Å². The Morgan fingerprint density at radius 1 is 1.50 bits per heavy atom. The van der Waals surface area contributed by atoms with E-state index >= 15 is 0 Å². The highest BCUT2D eigenvalue weighted by Gasteiger charge is 2.10. The molecule has 22 heavy (non-hydrogen) atoms. The third-order valence-electron chi connectivity index (χ3n) is 2.89. The quantitative estimate of drug-likeness (QED) is 0.363. The van der Waals surface area contributed by atoms with Crippen molar-refractivity contribution in [3.05, 3.63) is 22.4 Å². The fraction of sp³-hybridized carbons (Fsp3) is 0.615. The zero-order valence-corrected chi connectivity index (χ0v) is 18.1.